The first kappa shape index (κ1) is 14.7. The van der Waals surface area contributed by atoms with Gasteiger partial charge in [-0.1, -0.05) is 30.3 Å². The molecule has 0 saturated heterocycles. The second-order valence-electron chi connectivity index (χ2n) is 5.34. The maximum atomic E-state index is 12.4. The number of rotatable bonds is 4. The average molecular weight is 312 g/mol. The lowest BCUT2D eigenvalue weighted by atomic mass is 10.0. The Morgan fingerprint density at radius 3 is 2.86 bits per heavy atom. The molecule has 2 heterocycles. The van der Waals surface area contributed by atoms with Crippen LogP contribution in [-0.2, 0) is 5.60 Å². The Hall–Kier alpha value is -2.24. The lowest BCUT2D eigenvalue weighted by Crippen LogP contribution is -2.38. The lowest BCUT2D eigenvalue weighted by molar-refractivity contribution is 0.0557. The minimum atomic E-state index is -1.08. The molecule has 2 N–H and O–H groups in total. The van der Waals surface area contributed by atoms with Crippen molar-refractivity contribution in [1.29, 1.82) is 0 Å². The highest BCUT2D eigenvalue weighted by Gasteiger charge is 2.25. The summed E-state index contributed by atoms with van der Waals surface area (Å²) in [7, 11) is 0. The van der Waals surface area contributed by atoms with Gasteiger partial charge < -0.3 is 10.4 Å². The molecule has 5 heteroatoms. The molecule has 3 aromatic rings. The molecule has 0 aliphatic carbocycles. The van der Waals surface area contributed by atoms with Crippen LogP contribution in [0.4, 0.5) is 0 Å². The molecule has 0 fully saturated rings. The Bertz CT molecular complexity index is 792. The second kappa shape index (κ2) is 5.87. The number of carbonyl (C=O) groups excluding carboxylic acids is 1. The number of nitrogens with one attached hydrogen (secondary N) is 1. The van der Waals surface area contributed by atoms with Crippen molar-refractivity contribution in [2.45, 2.75) is 12.5 Å². The van der Waals surface area contributed by atoms with Crippen LogP contribution in [0.25, 0.3) is 10.8 Å². The zero-order chi connectivity index (χ0) is 15.6. The number of aliphatic hydroxyl groups is 1. The quantitative estimate of drug-likeness (QED) is 0.778. The van der Waals surface area contributed by atoms with Crippen LogP contribution in [0.15, 0.2) is 54.2 Å². The first-order valence-electron chi connectivity index (χ1n) is 6.95. The van der Waals surface area contributed by atoms with E-state index in [2.05, 4.69) is 10.3 Å². The molecular formula is C17H16N2O2S. The minimum absolute atomic E-state index is 0.148. The molecule has 1 unspecified atom stereocenters. The third kappa shape index (κ3) is 2.86. The van der Waals surface area contributed by atoms with Gasteiger partial charge in [0.2, 0.25) is 0 Å². The maximum absolute atomic E-state index is 12.4. The van der Waals surface area contributed by atoms with Crippen molar-refractivity contribution >= 4 is 28.0 Å². The summed E-state index contributed by atoms with van der Waals surface area (Å²) in [6, 6.07) is 11.3. The molecule has 0 spiro atoms. The number of hydrogen-bond donors (Lipinski definition) is 2. The van der Waals surface area contributed by atoms with Crippen LogP contribution in [0.5, 0.6) is 0 Å². The van der Waals surface area contributed by atoms with Gasteiger partial charge in [-0.2, -0.15) is 0 Å². The van der Waals surface area contributed by atoms with Crippen molar-refractivity contribution in [3.8, 4) is 0 Å². The summed E-state index contributed by atoms with van der Waals surface area (Å²) in [5.41, 5.74) is -0.568. The van der Waals surface area contributed by atoms with Gasteiger partial charge in [0.25, 0.3) is 5.91 Å². The highest BCUT2D eigenvalue weighted by Crippen LogP contribution is 2.24. The second-order valence-corrected chi connectivity index (χ2v) is 6.29. The van der Waals surface area contributed by atoms with Gasteiger partial charge in [-0.15, -0.1) is 11.3 Å². The standard InChI is InChI=1S/C17H16N2O2S/c1-17(21,15-7-4-8-22-15)11-19-16(20)14-10-18-9-12-5-2-3-6-13(12)14/h2-10,21H,11H2,1H3,(H,19,20). The Morgan fingerprint density at radius 1 is 1.27 bits per heavy atom. The van der Waals surface area contributed by atoms with Gasteiger partial charge >= 0.3 is 0 Å². The number of fused-ring (bicyclic) bond motifs is 1. The Kier molecular flexibility index (Phi) is 3.92. The number of hydrogen-bond acceptors (Lipinski definition) is 4. The van der Waals surface area contributed by atoms with E-state index in [1.165, 1.54) is 11.3 Å². The number of benzene rings is 1. The van der Waals surface area contributed by atoms with Crippen molar-refractivity contribution < 1.29 is 9.90 Å². The molecule has 0 radical (unpaired) electrons. The number of thiophene rings is 1. The zero-order valence-electron chi connectivity index (χ0n) is 12.1. The largest absolute Gasteiger partial charge is 0.383 e. The predicted molar refractivity (Wildman–Crippen MR) is 88.0 cm³/mol. The van der Waals surface area contributed by atoms with Crippen LogP contribution >= 0.6 is 11.3 Å². The molecule has 22 heavy (non-hydrogen) atoms. The van der Waals surface area contributed by atoms with Gasteiger partial charge in [0.1, 0.15) is 5.60 Å². The predicted octanol–water partition coefficient (Wildman–Crippen LogP) is 2.93. The Labute approximate surface area is 132 Å². The first-order valence-corrected chi connectivity index (χ1v) is 7.83. The molecule has 4 nitrogen and oxygen atoms in total. The molecule has 1 aromatic carbocycles. The van der Waals surface area contributed by atoms with Crippen molar-refractivity contribution in [2.75, 3.05) is 6.54 Å². The van der Waals surface area contributed by atoms with E-state index < -0.39 is 5.60 Å². The number of carbonyl (C=O) groups is 1. The van der Waals surface area contributed by atoms with Crippen LogP contribution in [0.1, 0.15) is 22.2 Å². The highest BCUT2D eigenvalue weighted by molar-refractivity contribution is 7.10. The van der Waals surface area contributed by atoms with Crippen molar-refractivity contribution in [3.63, 3.8) is 0 Å². The fourth-order valence-corrected chi connectivity index (χ4v) is 3.10. The van der Waals surface area contributed by atoms with Crippen LogP contribution in [0.3, 0.4) is 0 Å². The Balaban J connectivity index is 1.80. The summed E-state index contributed by atoms with van der Waals surface area (Å²) in [6.45, 7) is 1.84. The first-order chi connectivity index (χ1) is 10.6. The summed E-state index contributed by atoms with van der Waals surface area (Å²) in [4.78, 5) is 17.3. The van der Waals surface area contributed by atoms with Gasteiger partial charge in [-0.05, 0) is 23.8 Å². The van der Waals surface area contributed by atoms with Gasteiger partial charge in [-0.3, -0.25) is 9.78 Å². The summed E-state index contributed by atoms with van der Waals surface area (Å²) < 4.78 is 0. The number of pyridine rings is 1. The van der Waals surface area contributed by atoms with E-state index in [1.54, 1.807) is 19.3 Å². The lowest BCUT2D eigenvalue weighted by Gasteiger charge is -2.22. The van der Waals surface area contributed by atoms with E-state index in [4.69, 9.17) is 0 Å². The summed E-state index contributed by atoms with van der Waals surface area (Å²) in [5.74, 6) is -0.235. The fraction of sp³-hybridized carbons (Fsp3) is 0.176. The van der Waals surface area contributed by atoms with Crippen molar-refractivity contribution in [2.24, 2.45) is 0 Å². The molecule has 112 valence electrons. The maximum Gasteiger partial charge on any atom is 0.253 e. The molecule has 3 rings (SSSR count). The van der Waals surface area contributed by atoms with Gasteiger partial charge in [0.15, 0.2) is 0 Å². The molecule has 2 aromatic heterocycles. The third-order valence-electron chi connectivity index (χ3n) is 3.56. The van der Waals surface area contributed by atoms with E-state index in [9.17, 15) is 9.90 Å². The van der Waals surface area contributed by atoms with E-state index in [-0.39, 0.29) is 12.5 Å². The van der Waals surface area contributed by atoms with Crippen molar-refractivity contribution in [3.05, 3.63) is 64.6 Å². The van der Waals surface area contributed by atoms with E-state index >= 15 is 0 Å². The molecule has 0 bridgehead atoms. The molecule has 0 aliphatic rings. The van der Waals surface area contributed by atoms with Crippen molar-refractivity contribution in [1.82, 2.24) is 10.3 Å². The van der Waals surface area contributed by atoms with Crippen LogP contribution in [0.2, 0.25) is 0 Å². The van der Waals surface area contributed by atoms with E-state index in [1.807, 2.05) is 41.8 Å². The summed E-state index contributed by atoms with van der Waals surface area (Å²) >= 11 is 1.47. The summed E-state index contributed by atoms with van der Waals surface area (Å²) in [6.07, 6.45) is 3.28. The van der Waals surface area contributed by atoms with E-state index in [0.29, 0.717) is 5.56 Å². The third-order valence-corrected chi connectivity index (χ3v) is 4.68. The van der Waals surface area contributed by atoms with Crippen LogP contribution < -0.4 is 5.32 Å². The SMILES string of the molecule is CC(O)(CNC(=O)c1cncc2ccccc12)c1cccs1. The van der Waals surface area contributed by atoms with Crippen LogP contribution in [0, 0.1) is 0 Å². The molecule has 1 amide bonds. The molecule has 1 atom stereocenters. The topological polar surface area (TPSA) is 62.2 Å². The fourth-order valence-electron chi connectivity index (χ4n) is 2.32. The van der Waals surface area contributed by atoms with Gasteiger partial charge in [0.05, 0.1) is 12.1 Å². The molecular weight excluding hydrogens is 296 g/mol. The zero-order valence-corrected chi connectivity index (χ0v) is 12.9. The Morgan fingerprint density at radius 2 is 2.09 bits per heavy atom. The molecule has 0 aliphatic heterocycles. The monoisotopic (exact) mass is 312 g/mol. The summed E-state index contributed by atoms with van der Waals surface area (Å²) in [5, 5.41) is 16.9. The minimum Gasteiger partial charge on any atom is -0.383 e. The smallest absolute Gasteiger partial charge is 0.253 e. The van der Waals surface area contributed by atoms with E-state index in [0.717, 1.165) is 15.6 Å². The number of nitrogens with zero attached hydrogens (tertiary/aromatic N) is 1. The van der Waals surface area contributed by atoms with Gasteiger partial charge in [0, 0.05) is 22.7 Å². The highest BCUT2D eigenvalue weighted by atomic mass is 32.1. The molecule has 0 saturated carbocycles. The normalized spacial score (nSPS) is 13.7. The average Bonchev–Trinajstić information content (AvgIpc) is 3.07. The number of aromatic nitrogens is 1. The van der Waals surface area contributed by atoms with Gasteiger partial charge in [-0.25, -0.2) is 0 Å². The van der Waals surface area contributed by atoms with Crippen LogP contribution in [-0.4, -0.2) is 22.5 Å². The number of amides is 1.